The minimum atomic E-state index is -2.89. The van der Waals surface area contributed by atoms with Crippen LogP contribution in [0.1, 0.15) is 15.9 Å². The molecule has 0 bridgehead atoms. The Morgan fingerprint density at radius 2 is 1.75 bits per heavy atom. The fraction of sp³-hybridized carbons (Fsp3) is 0.0588. The van der Waals surface area contributed by atoms with E-state index in [-0.39, 0.29) is 11.3 Å². The van der Waals surface area contributed by atoms with Crippen molar-refractivity contribution in [1.82, 2.24) is 0 Å². The Kier molecular flexibility index (Phi) is 5.62. The van der Waals surface area contributed by atoms with E-state index in [9.17, 15) is 18.4 Å². The monoisotopic (exact) mass is 332 g/mol. The number of carbonyl (C=O) groups excluding carboxylic acids is 2. The molecule has 0 aliphatic carbocycles. The van der Waals surface area contributed by atoms with Crippen molar-refractivity contribution in [2.24, 2.45) is 5.73 Å². The molecule has 5 nitrogen and oxygen atoms in total. The highest BCUT2D eigenvalue weighted by Crippen LogP contribution is 2.16. The topological polar surface area (TPSA) is 81.4 Å². The lowest BCUT2D eigenvalue weighted by atomic mass is 10.1. The number of primary amides is 1. The molecule has 2 rings (SSSR count). The zero-order valence-corrected chi connectivity index (χ0v) is 12.4. The average molecular weight is 332 g/mol. The minimum absolute atomic E-state index is 0.0296. The minimum Gasteiger partial charge on any atom is -0.435 e. The summed E-state index contributed by atoms with van der Waals surface area (Å²) in [6.07, 6.45) is 2.75. The number of hydrogen-bond acceptors (Lipinski definition) is 3. The summed E-state index contributed by atoms with van der Waals surface area (Å²) in [5.74, 6) is -1.08. The predicted molar refractivity (Wildman–Crippen MR) is 85.7 cm³/mol. The fourth-order valence-electron chi connectivity index (χ4n) is 1.91. The molecule has 0 aliphatic rings. The lowest BCUT2D eigenvalue weighted by Crippen LogP contribution is -2.16. The number of alkyl halides is 2. The molecule has 0 unspecified atom stereocenters. The van der Waals surface area contributed by atoms with E-state index in [4.69, 9.17) is 5.73 Å². The Morgan fingerprint density at radius 1 is 1.08 bits per heavy atom. The second-order valence-corrected chi connectivity index (χ2v) is 4.68. The summed E-state index contributed by atoms with van der Waals surface area (Å²) < 4.78 is 28.3. The Bertz CT molecular complexity index is 759. The molecule has 2 aromatic rings. The predicted octanol–water partition coefficient (Wildman–Crippen LogP) is 3.04. The first-order valence-electron chi connectivity index (χ1n) is 6.88. The van der Waals surface area contributed by atoms with Gasteiger partial charge in [0.15, 0.2) is 0 Å². The smallest absolute Gasteiger partial charge is 0.387 e. The molecule has 0 heterocycles. The summed E-state index contributed by atoms with van der Waals surface area (Å²) in [7, 11) is 0. The van der Waals surface area contributed by atoms with Gasteiger partial charge < -0.3 is 15.8 Å². The third-order valence-corrected chi connectivity index (χ3v) is 2.98. The number of hydrogen-bond donors (Lipinski definition) is 2. The molecule has 0 saturated carbocycles. The summed E-state index contributed by atoms with van der Waals surface area (Å²) in [4.78, 5) is 23.2. The van der Waals surface area contributed by atoms with Crippen molar-refractivity contribution < 1.29 is 23.1 Å². The van der Waals surface area contributed by atoms with Crippen molar-refractivity contribution in [1.29, 1.82) is 0 Å². The highest BCUT2D eigenvalue weighted by Gasteiger charge is 2.08. The molecule has 0 radical (unpaired) electrons. The summed E-state index contributed by atoms with van der Waals surface area (Å²) in [6.45, 7) is -2.89. The van der Waals surface area contributed by atoms with E-state index in [1.54, 1.807) is 18.2 Å². The second kappa shape index (κ2) is 7.87. The number of amides is 2. The van der Waals surface area contributed by atoms with Crippen molar-refractivity contribution in [3.63, 3.8) is 0 Å². The van der Waals surface area contributed by atoms with Crippen LogP contribution in [-0.4, -0.2) is 18.4 Å². The van der Waals surface area contributed by atoms with Gasteiger partial charge in [-0.1, -0.05) is 24.3 Å². The first-order chi connectivity index (χ1) is 11.5. The lowest BCUT2D eigenvalue weighted by molar-refractivity contribution is -0.111. The molecular weight excluding hydrogens is 318 g/mol. The van der Waals surface area contributed by atoms with Crippen molar-refractivity contribution in [2.45, 2.75) is 6.61 Å². The van der Waals surface area contributed by atoms with Crippen LogP contribution in [0.2, 0.25) is 0 Å². The molecule has 0 saturated heterocycles. The molecule has 2 aromatic carbocycles. The quantitative estimate of drug-likeness (QED) is 0.798. The molecule has 2 amide bonds. The number of nitrogens with one attached hydrogen (secondary N) is 1. The van der Waals surface area contributed by atoms with Gasteiger partial charge in [0, 0.05) is 6.08 Å². The zero-order valence-electron chi connectivity index (χ0n) is 12.4. The van der Waals surface area contributed by atoms with E-state index in [0.29, 0.717) is 11.3 Å². The van der Waals surface area contributed by atoms with E-state index in [1.807, 2.05) is 0 Å². The van der Waals surface area contributed by atoms with Gasteiger partial charge in [0.25, 0.3) is 5.91 Å². The van der Waals surface area contributed by atoms with E-state index >= 15 is 0 Å². The van der Waals surface area contributed by atoms with Crippen LogP contribution >= 0.6 is 0 Å². The highest BCUT2D eigenvalue weighted by atomic mass is 19.3. The van der Waals surface area contributed by atoms with Gasteiger partial charge in [-0.2, -0.15) is 8.78 Å². The maximum Gasteiger partial charge on any atom is 0.387 e. The number of anilines is 1. The third-order valence-electron chi connectivity index (χ3n) is 2.98. The molecule has 0 aliphatic heterocycles. The van der Waals surface area contributed by atoms with Gasteiger partial charge in [0.2, 0.25) is 5.91 Å². The van der Waals surface area contributed by atoms with Crippen LogP contribution in [0.5, 0.6) is 5.75 Å². The van der Waals surface area contributed by atoms with Crippen LogP contribution in [0.15, 0.2) is 54.6 Å². The summed E-state index contributed by atoms with van der Waals surface area (Å²) in [5.41, 5.74) is 6.36. The van der Waals surface area contributed by atoms with E-state index in [0.717, 1.165) is 0 Å². The van der Waals surface area contributed by atoms with Crippen molar-refractivity contribution in [2.75, 3.05) is 5.32 Å². The SMILES string of the molecule is NC(=O)c1ccccc1NC(=O)C=Cc1ccc(OC(F)F)cc1. The van der Waals surface area contributed by atoms with Gasteiger partial charge in [0.1, 0.15) is 5.75 Å². The Hall–Kier alpha value is -3.22. The largest absolute Gasteiger partial charge is 0.435 e. The third kappa shape index (κ3) is 4.91. The van der Waals surface area contributed by atoms with Gasteiger partial charge >= 0.3 is 6.61 Å². The average Bonchev–Trinajstić information content (AvgIpc) is 2.54. The van der Waals surface area contributed by atoms with Crippen LogP contribution in [0.25, 0.3) is 6.08 Å². The number of nitrogens with two attached hydrogens (primary N) is 1. The molecule has 7 heteroatoms. The first-order valence-corrected chi connectivity index (χ1v) is 6.88. The molecule has 0 fully saturated rings. The summed E-state index contributed by atoms with van der Waals surface area (Å²) in [6, 6.07) is 12.1. The summed E-state index contributed by atoms with van der Waals surface area (Å²) in [5, 5.41) is 2.55. The van der Waals surface area contributed by atoms with Crippen LogP contribution in [0.4, 0.5) is 14.5 Å². The van der Waals surface area contributed by atoms with Gasteiger partial charge in [-0.25, -0.2) is 0 Å². The van der Waals surface area contributed by atoms with Crippen LogP contribution < -0.4 is 15.8 Å². The maximum atomic E-state index is 12.0. The molecule has 24 heavy (non-hydrogen) atoms. The Labute approximate surface area is 136 Å². The van der Waals surface area contributed by atoms with Gasteiger partial charge in [-0.3, -0.25) is 9.59 Å². The Morgan fingerprint density at radius 3 is 2.38 bits per heavy atom. The van der Waals surface area contributed by atoms with Crippen LogP contribution in [0, 0.1) is 0 Å². The normalized spacial score (nSPS) is 10.8. The molecule has 0 spiro atoms. The lowest BCUT2D eigenvalue weighted by Gasteiger charge is -2.06. The maximum absolute atomic E-state index is 12.0. The molecule has 0 atom stereocenters. The number of benzene rings is 2. The van der Waals surface area contributed by atoms with Gasteiger partial charge in [-0.05, 0) is 35.9 Å². The summed E-state index contributed by atoms with van der Waals surface area (Å²) >= 11 is 0. The van der Waals surface area contributed by atoms with Gasteiger partial charge in [0.05, 0.1) is 11.3 Å². The number of ether oxygens (including phenoxy) is 1. The standard InChI is InChI=1S/C17H14F2N2O3/c18-17(19)24-12-8-5-11(6-9-12)7-10-15(22)21-14-4-2-1-3-13(14)16(20)23/h1-10,17H,(H2,20,23)(H,21,22). The van der Waals surface area contributed by atoms with E-state index in [2.05, 4.69) is 10.1 Å². The number of para-hydroxylation sites is 1. The van der Waals surface area contributed by atoms with Gasteiger partial charge in [-0.15, -0.1) is 0 Å². The second-order valence-electron chi connectivity index (χ2n) is 4.68. The number of halogens is 2. The van der Waals surface area contributed by atoms with Crippen molar-refractivity contribution >= 4 is 23.6 Å². The van der Waals surface area contributed by atoms with Crippen molar-refractivity contribution in [3.8, 4) is 5.75 Å². The number of rotatable bonds is 6. The van der Waals surface area contributed by atoms with E-state index in [1.165, 1.54) is 42.5 Å². The molecular formula is C17H14F2N2O3. The fourth-order valence-corrected chi connectivity index (χ4v) is 1.91. The van der Waals surface area contributed by atoms with Crippen molar-refractivity contribution in [3.05, 3.63) is 65.7 Å². The molecule has 124 valence electrons. The molecule has 3 N–H and O–H groups in total. The zero-order chi connectivity index (χ0) is 17.5. The van der Waals surface area contributed by atoms with Crippen LogP contribution in [-0.2, 0) is 4.79 Å². The highest BCUT2D eigenvalue weighted by molar-refractivity contribution is 6.07. The first kappa shape index (κ1) is 17.1. The van der Waals surface area contributed by atoms with E-state index < -0.39 is 18.4 Å². The number of carbonyl (C=O) groups is 2. The van der Waals surface area contributed by atoms with Crippen LogP contribution in [0.3, 0.4) is 0 Å². The molecule has 0 aromatic heterocycles. The Balaban J connectivity index is 2.02.